The molecule has 3 N–H and O–H groups in total. The summed E-state index contributed by atoms with van der Waals surface area (Å²) < 4.78 is 27.9. The molecule has 0 aliphatic heterocycles. The van der Waals surface area contributed by atoms with Crippen molar-refractivity contribution in [2.24, 2.45) is 5.73 Å². The average molecular weight is 413 g/mol. The van der Waals surface area contributed by atoms with Gasteiger partial charge in [0.05, 0.1) is 11.8 Å². The number of hydrogen-bond acceptors (Lipinski definition) is 5. The number of amides is 1. The number of hydrogen-bond donors (Lipinski definition) is 2. The third kappa shape index (κ3) is 8.90. The molecular formula is C19H25ClN2O4S. The van der Waals surface area contributed by atoms with E-state index in [1.807, 2.05) is 54.6 Å². The van der Waals surface area contributed by atoms with E-state index in [9.17, 15) is 13.2 Å². The van der Waals surface area contributed by atoms with Crippen molar-refractivity contribution in [2.45, 2.75) is 25.6 Å². The van der Waals surface area contributed by atoms with E-state index in [0.29, 0.717) is 13.2 Å². The molecule has 2 rings (SSSR count). The molecule has 0 radical (unpaired) electrons. The van der Waals surface area contributed by atoms with Gasteiger partial charge in [0.15, 0.2) is 0 Å². The molecule has 8 heteroatoms. The van der Waals surface area contributed by atoms with Gasteiger partial charge in [-0.2, -0.15) is 0 Å². The van der Waals surface area contributed by atoms with Crippen LogP contribution in [0.15, 0.2) is 54.6 Å². The lowest BCUT2D eigenvalue weighted by Gasteiger charge is -2.12. The van der Waals surface area contributed by atoms with E-state index >= 15 is 0 Å². The first kappa shape index (κ1) is 23.0. The van der Waals surface area contributed by atoms with Gasteiger partial charge in [0, 0.05) is 12.8 Å². The summed E-state index contributed by atoms with van der Waals surface area (Å²) >= 11 is 0. The second kappa shape index (κ2) is 10.9. The first-order chi connectivity index (χ1) is 12.3. The number of halogens is 1. The van der Waals surface area contributed by atoms with Crippen LogP contribution in [0, 0.1) is 0 Å². The molecule has 0 aromatic heterocycles. The van der Waals surface area contributed by atoms with Crippen LogP contribution in [-0.2, 0) is 27.8 Å². The maximum atomic E-state index is 11.9. The molecule has 0 aliphatic carbocycles. The Morgan fingerprint density at radius 3 is 2.26 bits per heavy atom. The number of para-hydroxylation sites is 1. The van der Waals surface area contributed by atoms with Crippen molar-refractivity contribution in [3.63, 3.8) is 0 Å². The molecule has 6 nitrogen and oxygen atoms in total. The number of carbonyl (C=O) groups excluding carboxylic acids is 1. The largest absolute Gasteiger partial charge is 0.489 e. The van der Waals surface area contributed by atoms with Crippen LogP contribution in [0.5, 0.6) is 5.75 Å². The fourth-order valence-corrected chi connectivity index (χ4v) is 2.91. The summed E-state index contributed by atoms with van der Waals surface area (Å²) in [5.41, 5.74) is 7.66. The summed E-state index contributed by atoms with van der Waals surface area (Å²) in [6, 6.07) is 16.4. The minimum Gasteiger partial charge on any atom is -0.489 e. The molecule has 2 aromatic rings. The summed E-state index contributed by atoms with van der Waals surface area (Å²) in [6.07, 6.45) is 1.24. The molecule has 1 atom stereocenters. The summed E-state index contributed by atoms with van der Waals surface area (Å²) in [6.45, 7) is 0.804. The minimum absolute atomic E-state index is 0. The second-order valence-electron chi connectivity index (χ2n) is 6.16. The summed E-state index contributed by atoms with van der Waals surface area (Å²) in [7, 11) is -3.12. The highest BCUT2D eigenvalue weighted by molar-refractivity contribution is 7.90. The van der Waals surface area contributed by atoms with Crippen LogP contribution in [0.25, 0.3) is 0 Å². The van der Waals surface area contributed by atoms with E-state index in [1.165, 1.54) is 0 Å². The summed E-state index contributed by atoms with van der Waals surface area (Å²) in [4.78, 5) is 11.9. The second-order valence-corrected chi connectivity index (χ2v) is 8.42. The zero-order chi connectivity index (χ0) is 19.0. The zero-order valence-electron chi connectivity index (χ0n) is 15.1. The van der Waals surface area contributed by atoms with Gasteiger partial charge in [0.25, 0.3) is 0 Å². The monoisotopic (exact) mass is 412 g/mol. The lowest BCUT2D eigenvalue weighted by atomic mass is 10.1. The Kier molecular flexibility index (Phi) is 9.28. The van der Waals surface area contributed by atoms with Crippen molar-refractivity contribution >= 4 is 28.2 Å². The van der Waals surface area contributed by atoms with Gasteiger partial charge >= 0.3 is 0 Å². The first-order valence-corrected chi connectivity index (χ1v) is 10.4. The molecule has 1 amide bonds. The van der Waals surface area contributed by atoms with Gasteiger partial charge in [0.2, 0.25) is 5.91 Å². The number of ether oxygens (including phenoxy) is 1. The van der Waals surface area contributed by atoms with Crippen molar-refractivity contribution < 1.29 is 17.9 Å². The maximum absolute atomic E-state index is 11.9. The fraction of sp³-hybridized carbons (Fsp3) is 0.316. The quantitative estimate of drug-likeness (QED) is 0.656. The topological polar surface area (TPSA) is 98.5 Å². The third-order valence-corrected chi connectivity index (χ3v) is 4.75. The Balaban J connectivity index is 0.00000364. The van der Waals surface area contributed by atoms with Gasteiger partial charge in [-0.25, -0.2) is 8.42 Å². The molecule has 0 bridgehead atoms. The van der Waals surface area contributed by atoms with Crippen LogP contribution in [0.1, 0.15) is 17.5 Å². The Labute approximate surface area is 166 Å². The smallest absolute Gasteiger partial charge is 0.237 e. The SMILES string of the molecule is CS(=O)(=O)CCC(N)C(=O)NCc1ccc(COc2ccccc2)cc1.Cl. The number of sulfone groups is 1. The highest BCUT2D eigenvalue weighted by atomic mass is 35.5. The van der Waals surface area contributed by atoms with E-state index in [1.54, 1.807) is 0 Å². The highest BCUT2D eigenvalue weighted by Gasteiger charge is 2.15. The van der Waals surface area contributed by atoms with Crippen LogP contribution in [0.4, 0.5) is 0 Å². The molecule has 1 unspecified atom stereocenters. The maximum Gasteiger partial charge on any atom is 0.237 e. The van der Waals surface area contributed by atoms with Crippen molar-refractivity contribution in [1.82, 2.24) is 5.32 Å². The van der Waals surface area contributed by atoms with Gasteiger partial charge in [-0.3, -0.25) is 4.79 Å². The molecule has 2 aromatic carbocycles. The molecule has 0 aliphatic rings. The molecule has 0 heterocycles. The van der Waals surface area contributed by atoms with E-state index in [0.717, 1.165) is 23.1 Å². The Bertz CT molecular complexity index is 811. The van der Waals surface area contributed by atoms with E-state index in [-0.39, 0.29) is 30.5 Å². The number of nitrogens with two attached hydrogens (primary N) is 1. The Hall–Kier alpha value is -2.09. The number of nitrogens with one attached hydrogen (secondary N) is 1. The summed E-state index contributed by atoms with van der Waals surface area (Å²) in [5, 5.41) is 2.72. The van der Waals surface area contributed by atoms with Gasteiger partial charge < -0.3 is 15.8 Å². The summed E-state index contributed by atoms with van der Waals surface area (Å²) in [5.74, 6) is 0.356. The predicted octanol–water partition coefficient (Wildman–Crippen LogP) is 2.07. The van der Waals surface area contributed by atoms with E-state index in [2.05, 4.69) is 5.32 Å². The third-order valence-electron chi connectivity index (χ3n) is 3.77. The van der Waals surface area contributed by atoms with Gasteiger partial charge in [-0.1, -0.05) is 42.5 Å². The predicted molar refractivity (Wildman–Crippen MR) is 109 cm³/mol. The van der Waals surface area contributed by atoms with Crippen molar-refractivity contribution in [3.05, 3.63) is 65.7 Å². The molecule has 0 fully saturated rings. The Morgan fingerprint density at radius 2 is 1.67 bits per heavy atom. The minimum atomic E-state index is -3.12. The average Bonchev–Trinajstić information content (AvgIpc) is 2.63. The molecule has 0 spiro atoms. The highest BCUT2D eigenvalue weighted by Crippen LogP contribution is 2.12. The van der Waals surface area contributed by atoms with Gasteiger partial charge in [0.1, 0.15) is 22.2 Å². The number of rotatable bonds is 9. The lowest BCUT2D eigenvalue weighted by molar-refractivity contribution is -0.122. The normalized spacial score (nSPS) is 11.9. The van der Waals surface area contributed by atoms with Crippen LogP contribution >= 0.6 is 12.4 Å². The van der Waals surface area contributed by atoms with Gasteiger partial charge in [-0.05, 0) is 29.7 Å². The molecule has 27 heavy (non-hydrogen) atoms. The standard InChI is InChI=1S/C19H24N2O4S.ClH/c1-26(23,24)12-11-18(20)19(22)21-13-15-7-9-16(10-8-15)14-25-17-5-3-2-4-6-17;/h2-10,18H,11-14,20H2,1H3,(H,21,22);1H. The van der Waals surface area contributed by atoms with Crippen LogP contribution in [0.2, 0.25) is 0 Å². The molecule has 0 saturated heterocycles. The van der Waals surface area contributed by atoms with Crippen LogP contribution in [0.3, 0.4) is 0 Å². The zero-order valence-corrected chi connectivity index (χ0v) is 16.8. The molecule has 148 valence electrons. The number of carbonyl (C=O) groups is 1. The van der Waals surface area contributed by atoms with Crippen LogP contribution < -0.4 is 15.8 Å². The molecular weight excluding hydrogens is 388 g/mol. The Morgan fingerprint density at radius 1 is 1.07 bits per heavy atom. The van der Waals surface area contributed by atoms with Crippen molar-refractivity contribution in [2.75, 3.05) is 12.0 Å². The first-order valence-electron chi connectivity index (χ1n) is 8.30. The molecule has 0 saturated carbocycles. The number of benzene rings is 2. The fourth-order valence-electron chi connectivity index (χ4n) is 2.23. The lowest BCUT2D eigenvalue weighted by Crippen LogP contribution is -2.41. The van der Waals surface area contributed by atoms with Crippen molar-refractivity contribution in [3.8, 4) is 5.75 Å². The van der Waals surface area contributed by atoms with E-state index in [4.69, 9.17) is 10.5 Å². The van der Waals surface area contributed by atoms with E-state index < -0.39 is 15.9 Å². The van der Waals surface area contributed by atoms with Gasteiger partial charge in [-0.15, -0.1) is 12.4 Å². The van der Waals surface area contributed by atoms with Crippen LogP contribution in [-0.4, -0.2) is 32.4 Å². The van der Waals surface area contributed by atoms with Crippen molar-refractivity contribution in [1.29, 1.82) is 0 Å².